The number of nitrogens with zero attached hydrogens (tertiary/aromatic N) is 1. The summed E-state index contributed by atoms with van der Waals surface area (Å²) in [6.07, 6.45) is 3.71. The van der Waals surface area contributed by atoms with Gasteiger partial charge in [-0.3, -0.25) is 0 Å². The Hall–Kier alpha value is -2.46. The minimum Gasteiger partial charge on any atom is -1.00 e. The van der Waals surface area contributed by atoms with Crippen molar-refractivity contribution in [1.29, 1.82) is 0 Å². The van der Waals surface area contributed by atoms with Crippen LogP contribution in [0.15, 0.2) is 54.9 Å². The molecular formula is C18H18ClNO3. The number of pyridine rings is 1. The monoisotopic (exact) mass is 331 g/mol. The highest BCUT2D eigenvalue weighted by atomic mass is 35.5. The van der Waals surface area contributed by atoms with Gasteiger partial charge < -0.3 is 27.0 Å². The number of hydrogen-bond acceptors (Lipinski definition) is 3. The Morgan fingerprint density at radius 1 is 0.957 bits per heavy atom. The van der Waals surface area contributed by atoms with Crippen LogP contribution in [-0.4, -0.2) is 19.3 Å². The Morgan fingerprint density at radius 3 is 2.26 bits per heavy atom. The molecule has 4 nitrogen and oxygen atoms in total. The van der Waals surface area contributed by atoms with Crippen LogP contribution in [0.3, 0.4) is 0 Å². The lowest BCUT2D eigenvalue weighted by atomic mass is 10.1. The van der Waals surface area contributed by atoms with Crippen LogP contribution < -0.4 is 26.4 Å². The molecular weight excluding hydrogens is 314 g/mol. The van der Waals surface area contributed by atoms with Crippen molar-refractivity contribution >= 4 is 10.8 Å². The van der Waals surface area contributed by atoms with Gasteiger partial charge in [0.15, 0.2) is 30.0 Å². The first-order valence-electron chi connectivity index (χ1n) is 7.03. The lowest BCUT2D eigenvalue weighted by Gasteiger charge is -2.09. The van der Waals surface area contributed by atoms with Crippen molar-refractivity contribution in [2.24, 2.45) is 0 Å². The smallest absolute Gasteiger partial charge is 0.211 e. The molecule has 0 aliphatic carbocycles. The molecule has 0 aliphatic rings. The van der Waals surface area contributed by atoms with Crippen molar-refractivity contribution in [3.8, 4) is 17.2 Å². The van der Waals surface area contributed by atoms with E-state index in [9.17, 15) is 5.11 Å². The fraction of sp³-hybridized carbons (Fsp3) is 0.167. The molecule has 5 heteroatoms. The second kappa shape index (κ2) is 7.20. The summed E-state index contributed by atoms with van der Waals surface area (Å²) in [5.41, 5.74) is 1.17. The summed E-state index contributed by atoms with van der Waals surface area (Å²) in [6.45, 7) is 0.693. The van der Waals surface area contributed by atoms with Gasteiger partial charge in [-0.2, -0.15) is 4.57 Å². The van der Waals surface area contributed by atoms with E-state index in [-0.39, 0.29) is 18.2 Å². The number of hydrogen-bond donors (Lipinski definition) is 1. The zero-order valence-corrected chi connectivity index (χ0v) is 13.7. The molecule has 0 amide bonds. The summed E-state index contributed by atoms with van der Waals surface area (Å²) < 4.78 is 12.6. The number of rotatable bonds is 4. The highest BCUT2D eigenvalue weighted by molar-refractivity contribution is 5.89. The third-order valence-electron chi connectivity index (χ3n) is 3.63. The van der Waals surface area contributed by atoms with Crippen LogP contribution in [0.4, 0.5) is 0 Å². The third kappa shape index (κ3) is 3.48. The summed E-state index contributed by atoms with van der Waals surface area (Å²) in [7, 11) is 3.18. The first kappa shape index (κ1) is 16.9. The van der Waals surface area contributed by atoms with E-state index in [1.54, 1.807) is 26.5 Å². The summed E-state index contributed by atoms with van der Waals surface area (Å²) in [6, 6.07) is 13.8. The number of methoxy groups -OCH3 is 2. The number of fused-ring (bicyclic) bond motifs is 1. The van der Waals surface area contributed by atoms with Gasteiger partial charge in [0.25, 0.3) is 0 Å². The fourth-order valence-corrected chi connectivity index (χ4v) is 2.55. The number of benzene rings is 2. The normalized spacial score (nSPS) is 10.2. The molecule has 1 aromatic heterocycles. The molecule has 1 heterocycles. The molecule has 3 aromatic rings. The van der Waals surface area contributed by atoms with Gasteiger partial charge in [0.1, 0.15) is 0 Å². The first-order valence-corrected chi connectivity index (χ1v) is 7.03. The Labute approximate surface area is 141 Å². The zero-order valence-electron chi connectivity index (χ0n) is 13.0. The molecule has 0 atom stereocenters. The molecule has 0 saturated carbocycles. The second-order valence-electron chi connectivity index (χ2n) is 5.10. The van der Waals surface area contributed by atoms with E-state index in [0.717, 1.165) is 10.8 Å². The van der Waals surface area contributed by atoms with Gasteiger partial charge in [0, 0.05) is 10.9 Å². The zero-order chi connectivity index (χ0) is 15.5. The maximum Gasteiger partial charge on any atom is 0.211 e. The Bertz CT molecular complexity index is 806. The number of ether oxygens (including phenoxy) is 2. The van der Waals surface area contributed by atoms with Crippen molar-refractivity contribution in [3.05, 3.63) is 60.4 Å². The van der Waals surface area contributed by atoms with Crippen LogP contribution in [0, 0.1) is 0 Å². The van der Waals surface area contributed by atoms with E-state index in [1.165, 1.54) is 5.56 Å². The van der Waals surface area contributed by atoms with Crippen LogP contribution in [0.1, 0.15) is 5.56 Å². The summed E-state index contributed by atoms with van der Waals surface area (Å²) in [5, 5.41) is 11.9. The number of aromatic hydroxyl groups is 1. The van der Waals surface area contributed by atoms with Crippen molar-refractivity contribution < 1.29 is 31.6 Å². The molecule has 0 fully saturated rings. The van der Waals surface area contributed by atoms with Gasteiger partial charge in [-0.15, -0.1) is 0 Å². The minimum atomic E-state index is 0. The van der Waals surface area contributed by atoms with Crippen LogP contribution in [-0.2, 0) is 6.54 Å². The molecule has 0 unspecified atom stereocenters. The lowest BCUT2D eigenvalue weighted by Crippen LogP contribution is -3.00. The molecule has 0 aliphatic heterocycles. The van der Waals surface area contributed by atoms with Gasteiger partial charge in [0.05, 0.1) is 19.6 Å². The van der Waals surface area contributed by atoms with E-state index in [2.05, 4.69) is 12.1 Å². The van der Waals surface area contributed by atoms with Crippen molar-refractivity contribution in [3.63, 3.8) is 0 Å². The maximum absolute atomic E-state index is 10.3. The van der Waals surface area contributed by atoms with Crippen molar-refractivity contribution in [2.45, 2.75) is 6.54 Å². The molecule has 0 bridgehead atoms. The van der Waals surface area contributed by atoms with E-state index >= 15 is 0 Å². The third-order valence-corrected chi connectivity index (χ3v) is 3.63. The lowest BCUT2D eigenvalue weighted by molar-refractivity contribution is -0.687. The van der Waals surface area contributed by atoms with Gasteiger partial charge in [-0.05, 0) is 12.1 Å². The van der Waals surface area contributed by atoms with Gasteiger partial charge >= 0.3 is 0 Å². The van der Waals surface area contributed by atoms with Gasteiger partial charge in [0.2, 0.25) is 6.20 Å². The fourth-order valence-electron chi connectivity index (χ4n) is 2.55. The number of aromatic nitrogens is 1. The van der Waals surface area contributed by atoms with E-state index in [1.807, 2.05) is 35.0 Å². The SMILES string of the molecule is COc1cc2c[n+](Cc3ccccc3)cc(O)c2cc1OC.[Cl-]. The largest absolute Gasteiger partial charge is 1.00 e. The highest BCUT2D eigenvalue weighted by Crippen LogP contribution is 2.34. The molecule has 0 radical (unpaired) electrons. The Kier molecular flexibility index (Phi) is 5.29. The summed E-state index contributed by atoms with van der Waals surface area (Å²) in [5.74, 6) is 1.47. The maximum atomic E-state index is 10.3. The molecule has 120 valence electrons. The Balaban J connectivity index is 0.00000192. The molecule has 3 rings (SSSR count). The van der Waals surface area contributed by atoms with E-state index < -0.39 is 0 Å². The van der Waals surface area contributed by atoms with E-state index in [0.29, 0.717) is 18.0 Å². The average Bonchev–Trinajstić information content (AvgIpc) is 2.54. The van der Waals surface area contributed by atoms with Crippen LogP contribution in [0.25, 0.3) is 10.8 Å². The van der Waals surface area contributed by atoms with Crippen molar-refractivity contribution in [1.82, 2.24) is 0 Å². The van der Waals surface area contributed by atoms with Crippen LogP contribution in [0.5, 0.6) is 17.2 Å². The highest BCUT2D eigenvalue weighted by Gasteiger charge is 2.14. The van der Waals surface area contributed by atoms with Gasteiger partial charge in [-0.25, -0.2) is 0 Å². The summed E-state index contributed by atoms with van der Waals surface area (Å²) >= 11 is 0. The molecule has 0 saturated heterocycles. The predicted octanol–water partition coefficient (Wildman–Crippen LogP) is -0.0976. The second-order valence-corrected chi connectivity index (χ2v) is 5.10. The minimum absolute atomic E-state index is 0. The molecule has 23 heavy (non-hydrogen) atoms. The average molecular weight is 332 g/mol. The van der Waals surface area contributed by atoms with Crippen LogP contribution >= 0.6 is 0 Å². The first-order chi connectivity index (χ1) is 10.7. The number of halogens is 1. The Morgan fingerprint density at radius 2 is 1.61 bits per heavy atom. The van der Waals surface area contributed by atoms with E-state index in [4.69, 9.17) is 9.47 Å². The van der Waals surface area contributed by atoms with Gasteiger partial charge in [-0.1, -0.05) is 30.3 Å². The molecule has 2 aromatic carbocycles. The standard InChI is InChI=1S/C18H17NO3.ClH/c1-21-17-8-14-11-19(10-13-6-4-3-5-7-13)12-16(20)15(14)9-18(17)22-2;/h3-9,11-12H,10H2,1-2H3;1H. The van der Waals surface area contributed by atoms with Crippen molar-refractivity contribution in [2.75, 3.05) is 14.2 Å². The van der Waals surface area contributed by atoms with Crippen LogP contribution in [0.2, 0.25) is 0 Å². The summed E-state index contributed by atoms with van der Waals surface area (Å²) in [4.78, 5) is 0. The predicted molar refractivity (Wildman–Crippen MR) is 84.5 cm³/mol. The molecule has 1 N–H and O–H groups in total. The topological polar surface area (TPSA) is 42.6 Å². The molecule has 0 spiro atoms. The quantitative estimate of drug-likeness (QED) is 0.679.